The van der Waals surface area contributed by atoms with Crippen molar-refractivity contribution in [2.45, 2.75) is 25.3 Å². The van der Waals surface area contributed by atoms with Crippen molar-refractivity contribution in [1.29, 1.82) is 0 Å². The van der Waals surface area contributed by atoms with E-state index < -0.39 is 0 Å². The van der Waals surface area contributed by atoms with Crippen LogP contribution in [0.1, 0.15) is 19.3 Å². The van der Waals surface area contributed by atoms with Crippen LogP contribution in [0.25, 0.3) is 0 Å². The van der Waals surface area contributed by atoms with Gasteiger partial charge in [-0.25, -0.2) is 4.79 Å². The summed E-state index contributed by atoms with van der Waals surface area (Å²) in [6.07, 6.45) is 3.29. The molecular weight excluding hydrogens is 226 g/mol. The van der Waals surface area contributed by atoms with Gasteiger partial charge in [-0.15, -0.1) is 0 Å². The minimum absolute atomic E-state index is 0.223. The number of rotatable bonds is 2. The van der Waals surface area contributed by atoms with E-state index in [4.69, 9.17) is 17.3 Å². The maximum absolute atomic E-state index is 11.6. The summed E-state index contributed by atoms with van der Waals surface area (Å²) in [4.78, 5) is 11.6. The fraction of sp³-hybridized carbons (Fsp3) is 0.364. The Morgan fingerprint density at radius 2 is 2.19 bits per heavy atom. The molecule has 1 aromatic carbocycles. The van der Waals surface area contributed by atoms with Crippen LogP contribution < -0.4 is 16.4 Å². The molecule has 1 fully saturated rings. The van der Waals surface area contributed by atoms with Gasteiger partial charge in [0.2, 0.25) is 0 Å². The number of carbonyl (C=O) groups is 1. The van der Waals surface area contributed by atoms with Gasteiger partial charge in [-0.3, -0.25) is 0 Å². The molecular formula is C11H14ClN3O. The van der Waals surface area contributed by atoms with Crippen LogP contribution in [0.2, 0.25) is 5.02 Å². The number of nitrogens with one attached hydrogen (secondary N) is 2. The number of nitrogen functional groups attached to an aromatic ring is 1. The second kappa shape index (κ2) is 4.61. The molecule has 2 rings (SSSR count). The summed E-state index contributed by atoms with van der Waals surface area (Å²) in [5, 5.41) is 6.10. The molecule has 0 heterocycles. The fourth-order valence-corrected chi connectivity index (χ4v) is 1.71. The number of carbonyl (C=O) groups excluding carboxylic acids is 1. The largest absolute Gasteiger partial charge is 0.397 e. The lowest BCUT2D eigenvalue weighted by Gasteiger charge is -2.26. The highest BCUT2D eigenvalue weighted by Crippen LogP contribution is 2.23. The predicted molar refractivity (Wildman–Crippen MR) is 65.7 cm³/mol. The Kier molecular flexibility index (Phi) is 3.19. The third-order valence-electron chi connectivity index (χ3n) is 2.70. The first-order valence-electron chi connectivity index (χ1n) is 5.27. The van der Waals surface area contributed by atoms with Crippen molar-refractivity contribution < 1.29 is 4.79 Å². The number of benzene rings is 1. The summed E-state index contributed by atoms with van der Waals surface area (Å²) in [7, 11) is 0. The van der Waals surface area contributed by atoms with Gasteiger partial charge in [0, 0.05) is 11.1 Å². The van der Waals surface area contributed by atoms with Gasteiger partial charge in [0.1, 0.15) is 0 Å². The Labute approximate surface area is 99.2 Å². The number of amides is 2. The molecule has 5 heteroatoms. The Morgan fingerprint density at radius 1 is 1.44 bits per heavy atom. The maximum atomic E-state index is 11.6. The number of anilines is 2. The quantitative estimate of drug-likeness (QED) is 0.695. The van der Waals surface area contributed by atoms with E-state index in [9.17, 15) is 4.79 Å². The van der Waals surface area contributed by atoms with Crippen molar-refractivity contribution >= 4 is 29.0 Å². The SMILES string of the molecule is Nc1ccc(Cl)cc1NC(=O)NC1CCC1. The van der Waals surface area contributed by atoms with E-state index in [1.54, 1.807) is 18.2 Å². The van der Waals surface area contributed by atoms with Crippen molar-refractivity contribution in [3.8, 4) is 0 Å². The fourth-order valence-electron chi connectivity index (χ4n) is 1.53. The van der Waals surface area contributed by atoms with E-state index in [2.05, 4.69) is 10.6 Å². The Morgan fingerprint density at radius 3 is 2.81 bits per heavy atom. The minimum Gasteiger partial charge on any atom is -0.397 e. The van der Waals surface area contributed by atoms with E-state index in [0.29, 0.717) is 22.4 Å². The van der Waals surface area contributed by atoms with Gasteiger partial charge >= 0.3 is 6.03 Å². The predicted octanol–water partition coefficient (Wildman–Crippen LogP) is 2.60. The van der Waals surface area contributed by atoms with Gasteiger partial charge in [-0.2, -0.15) is 0 Å². The smallest absolute Gasteiger partial charge is 0.319 e. The molecule has 1 aromatic rings. The highest BCUT2D eigenvalue weighted by Gasteiger charge is 2.19. The van der Waals surface area contributed by atoms with E-state index in [1.807, 2.05) is 0 Å². The Bertz CT molecular complexity index is 404. The van der Waals surface area contributed by atoms with Gasteiger partial charge in [0.05, 0.1) is 11.4 Å². The van der Waals surface area contributed by atoms with E-state index in [-0.39, 0.29) is 6.03 Å². The molecule has 0 radical (unpaired) electrons. The standard InChI is InChI=1S/C11H14ClN3O/c12-7-4-5-9(13)10(6-7)15-11(16)14-8-2-1-3-8/h4-6,8H,1-3,13H2,(H2,14,15,16). The molecule has 1 saturated carbocycles. The zero-order chi connectivity index (χ0) is 11.5. The third kappa shape index (κ3) is 2.58. The number of hydrogen-bond acceptors (Lipinski definition) is 2. The highest BCUT2D eigenvalue weighted by atomic mass is 35.5. The monoisotopic (exact) mass is 239 g/mol. The zero-order valence-corrected chi connectivity index (χ0v) is 9.55. The number of halogens is 1. The maximum Gasteiger partial charge on any atom is 0.319 e. The van der Waals surface area contributed by atoms with Gasteiger partial charge in [0.25, 0.3) is 0 Å². The van der Waals surface area contributed by atoms with Crippen LogP contribution >= 0.6 is 11.6 Å². The molecule has 0 aliphatic heterocycles. The summed E-state index contributed by atoms with van der Waals surface area (Å²) in [5.41, 5.74) is 6.77. The second-order valence-corrected chi connectivity index (χ2v) is 4.39. The summed E-state index contributed by atoms with van der Waals surface area (Å²) in [5.74, 6) is 0. The summed E-state index contributed by atoms with van der Waals surface area (Å²) >= 11 is 5.82. The van der Waals surface area contributed by atoms with Gasteiger partial charge in [-0.1, -0.05) is 11.6 Å². The summed E-state index contributed by atoms with van der Waals surface area (Å²) in [6.45, 7) is 0. The molecule has 86 valence electrons. The molecule has 4 nitrogen and oxygen atoms in total. The Balaban J connectivity index is 1.96. The van der Waals surface area contributed by atoms with Crippen LogP contribution in [0.15, 0.2) is 18.2 Å². The van der Waals surface area contributed by atoms with Crippen LogP contribution in [0.5, 0.6) is 0 Å². The van der Waals surface area contributed by atoms with Crippen molar-refractivity contribution in [2.24, 2.45) is 0 Å². The highest BCUT2D eigenvalue weighted by molar-refractivity contribution is 6.31. The van der Waals surface area contributed by atoms with Crippen molar-refractivity contribution in [3.63, 3.8) is 0 Å². The van der Waals surface area contributed by atoms with Crippen LogP contribution in [-0.4, -0.2) is 12.1 Å². The number of nitrogens with two attached hydrogens (primary N) is 1. The van der Waals surface area contributed by atoms with Gasteiger partial charge in [0.15, 0.2) is 0 Å². The lowest BCUT2D eigenvalue weighted by molar-refractivity contribution is 0.240. The van der Waals surface area contributed by atoms with E-state index >= 15 is 0 Å². The first kappa shape index (κ1) is 11.1. The normalized spacial score (nSPS) is 15.3. The average molecular weight is 240 g/mol. The molecule has 0 unspecified atom stereocenters. The Hall–Kier alpha value is -1.42. The molecule has 1 aliphatic carbocycles. The minimum atomic E-state index is -0.223. The third-order valence-corrected chi connectivity index (χ3v) is 2.94. The topological polar surface area (TPSA) is 67.1 Å². The van der Waals surface area contributed by atoms with Gasteiger partial charge < -0.3 is 16.4 Å². The summed E-state index contributed by atoms with van der Waals surface area (Å²) in [6, 6.07) is 5.07. The lowest BCUT2D eigenvalue weighted by atomic mass is 9.93. The van der Waals surface area contributed by atoms with Crippen LogP contribution in [0.4, 0.5) is 16.2 Å². The van der Waals surface area contributed by atoms with Crippen molar-refractivity contribution in [2.75, 3.05) is 11.1 Å². The molecule has 2 amide bonds. The first-order valence-corrected chi connectivity index (χ1v) is 5.65. The van der Waals surface area contributed by atoms with Crippen molar-refractivity contribution in [3.05, 3.63) is 23.2 Å². The molecule has 16 heavy (non-hydrogen) atoms. The van der Waals surface area contributed by atoms with Crippen LogP contribution in [0.3, 0.4) is 0 Å². The zero-order valence-electron chi connectivity index (χ0n) is 8.79. The number of hydrogen-bond donors (Lipinski definition) is 3. The van der Waals surface area contributed by atoms with E-state index in [1.165, 1.54) is 6.42 Å². The summed E-state index contributed by atoms with van der Waals surface area (Å²) < 4.78 is 0. The van der Waals surface area contributed by atoms with Crippen molar-refractivity contribution in [1.82, 2.24) is 5.32 Å². The lowest BCUT2D eigenvalue weighted by Crippen LogP contribution is -2.41. The molecule has 0 spiro atoms. The van der Waals surface area contributed by atoms with Gasteiger partial charge in [-0.05, 0) is 37.5 Å². The molecule has 0 saturated heterocycles. The molecule has 0 atom stereocenters. The van der Waals surface area contributed by atoms with Crippen LogP contribution in [-0.2, 0) is 0 Å². The molecule has 0 bridgehead atoms. The molecule has 0 aromatic heterocycles. The molecule has 4 N–H and O–H groups in total. The second-order valence-electron chi connectivity index (χ2n) is 3.96. The number of urea groups is 1. The molecule has 1 aliphatic rings. The average Bonchev–Trinajstić information content (AvgIpc) is 2.18. The van der Waals surface area contributed by atoms with E-state index in [0.717, 1.165) is 12.8 Å². The van der Waals surface area contributed by atoms with Crippen LogP contribution in [0, 0.1) is 0 Å². The first-order chi connectivity index (χ1) is 7.65.